The van der Waals surface area contributed by atoms with Gasteiger partial charge in [0.25, 0.3) is 5.91 Å². The summed E-state index contributed by atoms with van der Waals surface area (Å²) < 4.78 is 0. The summed E-state index contributed by atoms with van der Waals surface area (Å²) in [5, 5.41) is 9.63. The lowest BCUT2D eigenvalue weighted by Crippen LogP contribution is -2.39. The van der Waals surface area contributed by atoms with E-state index in [4.69, 9.17) is 5.73 Å². The quantitative estimate of drug-likeness (QED) is 0.805. The van der Waals surface area contributed by atoms with E-state index < -0.39 is 0 Å². The molecule has 0 heterocycles. The van der Waals surface area contributed by atoms with Crippen LogP contribution in [-0.4, -0.2) is 35.5 Å². The zero-order valence-electron chi connectivity index (χ0n) is 9.90. The van der Waals surface area contributed by atoms with Crippen molar-refractivity contribution in [3.63, 3.8) is 0 Å². The minimum Gasteiger partial charge on any atom is -0.507 e. The molecule has 4 heteroatoms. The van der Waals surface area contributed by atoms with E-state index in [0.717, 1.165) is 5.56 Å². The average molecular weight is 222 g/mol. The van der Waals surface area contributed by atoms with Crippen molar-refractivity contribution >= 4 is 5.91 Å². The van der Waals surface area contributed by atoms with Gasteiger partial charge in [0.15, 0.2) is 0 Å². The molecule has 16 heavy (non-hydrogen) atoms. The van der Waals surface area contributed by atoms with Crippen LogP contribution in [0.25, 0.3) is 0 Å². The molecule has 1 aromatic carbocycles. The SMILES string of the molecule is Cc1ccc(O)c(C(=O)N(C)C(C)CN)c1. The Balaban J connectivity index is 3.00. The van der Waals surface area contributed by atoms with Crippen LogP contribution in [0.3, 0.4) is 0 Å². The molecule has 1 atom stereocenters. The minimum atomic E-state index is -0.209. The van der Waals surface area contributed by atoms with Crippen molar-refractivity contribution in [2.24, 2.45) is 5.73 Å². The maximum atomic E-state index is 12.0. The van der Waals surface area contributed by atoms with E-state index in [1.165, 1.54) is 11.0 Å². The van der Waals surface area contributed by atoms with Crippen molar-refractivity contribution in [3.8, 4) is 5.75 Å². The molecular weight excluding hydrogens is 204 g/mol. The van der Waals surface area contributed by atoms with Crippen LogP contribution in [-0.2, 0) is 0 Å². The van der Waals surface area contributed by atoms with Crippen LogP contribution in [0.1, 0.15) is 22.8 Å². The summed E-state index contributed by atoms with van der Waals surface area (Å²) in [5.74, 6) is -0.203. The molecule has 3 N–H and O–H groups in total. The number of phenolic OH excluding ortho intramolecular Hbond substituents is 1. The van der Waals surface area contributed by atoms with Crippen molar-refractivity contribution in [1.82, 2.24) is 4.90 Å². The highest BCUT2D eigenvalue weighted by Crippen LogP contribution is 2.20. The highest BCUT2D eigenvalue weighted by Gasteiger charge is 2.19. The van der Waals surface area contributed by atoms with Crippen LogP contribution in [0.4, 0.5) is 0 Å². The molecule has 0 aromatic heterocycles. The number of phenols is 1. The van der Waals surface area contributed by atoms with Gasteiger partial charge in [-0.15, -0.1) is 0 Å². The molecule has 0 spiro atoms. The van der Waals surface area contributed by atoms with Crippen molar-refractivity contribution in [2.45, 2.75) is 19.9 Å². The fraction of sp³-hybridized carbons (Fsp3) is 0.417. The monoisotopic (exact) mass is 222 g/mol. The molecule has 1 aromatic rings. The number of aryl methyl sites for hydroxylation is 1. The standard InChI is InChI=1S/C12H18N2O2/c1-8-4-5-11(15)10(6-8)12(16)14(3)9(2)7-13/h4-6,9,15H,7,13H2,1-3H3. The van der Waals surface area contributed by atoms with E-state index in [1.807, 2.05) is 13.8 Å². The highest BCUT2D eigenvalue weighted by atomic mass is 16.3. The molecule has 0 aliphatic carbocycles. The Morgan fingerprint density at radius 1 is 1.56 bits per heavy atom. The summed E-state index contributed by atoms with van der Waals surface area (Å²) in [4.78, 5) is 13.6. The molecule has 0 aliphatic rings. The number of aromatic hydroxyl groups is 1. The summed E-state index contributed by atoms with van der Waals surface area (Å²) in [5.41, 5.74) is 6.76. The highest BCUT2D eigenvalue weighted by molar-refractivity contribution is 5.97. The molecule has 0 saturated carbocycles. The number of carbonyl (C=O) groups is 1. The van der Waals surface area contributed by atoms with E-state index in [2.05, 4.69) is 0 Å². The molecule has 1 rings (SSSR count). The Labute approximate surface area is 95.7 Å². The van der Waals surface area contributed by atoms with Gasteiger partial charge in [-0.25, -0.2) is 0 Å². The summed E-state index contributed by atoms with van der Waals surface area (Å²) in [6.07, 6.45) is 0. The number of nitrogens with zero attached hydrogens (tertiary/aromatic N) is 1. The first-order valence-electron chi connectivity index (χ1n) is 5.24. The Bertz CT molecular complexity index is 391. The van der Waals surface area contributed by atoms with Gasteiger partial charge in [0.2, 0.25) is 0 Å². The third-order valence-electron chi connectivity index (χ3n) is 2.71. The maximum absolute atomic E-state index is 12.0. The van der Waals surface area contributed by atoms with Gasteiger partial charge >= 0.3 is 0 Å². The van der Waals surface area contributed by atoms with Crippen molar-refractivity contribution in [3.05, 3.63) is 29.3 Å². The van der Waals surface area contributed by atoms with Crippen LogP contribution in [0, 0.1) is 6.92 Å². The zero-order chi connectivity index (χ0) is 12.3. The third kappa shape index (κ3) is 2.52. The predicted octanol–water partition coefficient (Wildman–Crippen LogP) is 1.12. The molecule has 4 nitrogen and oxygen atoms in total. The minimum absolute atomic E-state index is 0.00618. The molecule has 1 unspecified atom stereocenters. The Kier molecular flexibility index (Phi) is 3.90. The Morgan fingerprint density at radius 2 is 2.19 bits per heavy atom. The van der Waals surface area contributed by atoms with Gasteiger partial charge in [-0.2, -0.15) is 0 Å². The van der Waals surface area contributed by atoms with E-state index in [-0.39, 0.29) is 17.7 Å². The van der Waals surface area contributed by atoms with E-state index in [9.17, 15) is 9.90 Å². The van der Waals surface area contributed by atoms with Gasteiger partial charge in [0.1, 0.15) is 5.75 Å². The Hall–Kier alpha value is -1.55. The fourth-order valence-corrected chi connectivity index (χ4v) is 1.37. The number of nitrogens with two attached hydrogens (primary N) is 1. The normalized spacial score (nSPS) is 12.2. The number of carbonyl (C=O) groups excluding carboxylic acids is 1. The first-order chi connectivity index (χ1) is 7.47. The molecule has 1 amide bonds. The molecule has 0 fully saturated rings. The van der Waals surface area contributed by atoms with Crippen molar-refractivity contribution in [1.29, 1.82) is 0 Å². The second-order valence-electron chi connectivity index (χ2n) is 4.02. The Morgan fingerprint density at radius 3 is 2.75 bits per heavy atom. The smallest absolute Gasteiger partial charge is 0.257 e. The number of likely N-dealkylation sites (N-methyl/N-ethyl adjacent to an activating group) is 1. The molecule has 0 aliphatic heterocycles. The first-order valence-corrected chi connectivity index (χ1v) is 5.24. The summed E-state index contributed by atoms with van der Waals surface area (Å²) in [7, 11) is 1.68. The summed E-state index contributed by atoms with van der Waals surface area (Å²) in [6, 6.07) is 4.92. The number of amides is 1. The van der Waals surface area contributed by atoms with Crippen LogP contribution in [0.5, 0.6) is 5.75 Å². The lowest BCUT2D eigenvalue weighted by molar-refractivity contribution is 0.0745. The van der Waals surface area contributed by atoms with Gasteiger partial charge < -0.3 is 15.7 Å². The van der Waals surface area contributed by atoms with Gasteiger partial charge in [-0.1, -0.05) is 11.6 Å². The number of hydrogen-bond acceptors (Lipinski definition) is 3. The van der Waals surface area contributed by atoms with E-state index in [1.54, 1.807) is 19.2 Å². The van der Waals surface area contributed by atoms with E-state index >= 15 is 0 Å². The van der Waals surface area contributed by atoms with Crippen LogP contribution >= 0.6 is 0 Å². The van der Waals surface area contributed by atoms with Crippen LogP contribution in [0.15, 0.2) is 18.2 Å². The summed E-state index contributed by atoms with van der Waals surface area (Å²) >= 11 is 0. The van der Waals surface area contributed by atoms with E-state index in [0.29, 0.717) is 12.1 Å². The van der Waals surface area contributed by atoms with Crippen LogP contribution < -0.4 is 5.73 Å². The molecule has 0 saturated heterocycles. The topological polar surface area (TPSA) is 66.6 Å². The van der Waals surface area contributed by atoms with Gasteiger partial charge in [-0.05, 0) is 26.0 Å². The third-order valence-corrected chi connectivity index (χ3v) is 2.71. The lowest BCUT2D eigenvalue weighted by Gasteiger charge is -2.24. The number of benzene rings is 1. The lowest BCUT2D eigenvalue weighted by atomic mass is 10.1. The largest absolute Gasteiger partial charge is 0.507 e. The predicted molar refractivity (Wildman–Crippen MR) is 63.5 cm³/mol. The van der Waals surface area contributed by atoms with Crippen LogP contribution in [0.2, 0.25) is 0 Å². The maximum Gasteiger partial charge on any atom is 0.257 e. The second kappa shape index (κ2) is 4.99. The molecule has 88 valence electrons. The van der Waals surface area contributed by atoms with Crippen molar-refractivity contribution in [2.75, 3.05) is 13.6 Å². The fourth-order valence-electron chi connectivity index (χ4n) is 1.37. The first kappa shape index (κ1) is 12.5. The van der Waals surface area contributed by atoms with Gasteiger partial charge in [0, 0.05) is 19.6 Å². The summed E-state index contributed by atoms with van der Waals surface area (Å²) in [6.45, 7) is 4.14. The van der Waals surface area contributed by atoms with Gasteiger partial charge in [-0.3, -0.25) is 4.79 Å². The molecule has 0 bridgehead atoms. The number of rotatable bonds is 3. The molecule has 0 radical (unpaired) electrons. The zero-order valence-corrected chi connectivity index (χ0v) is 9.90. The number of hydrogen-bond donors (Lipinski definition) is 2. The average Bonchev–Trinajstić information content (AvgIpc) is 2.29. The van der Waals surface area contributed by atoms with Gasteiger partial charge in [0.05, 0.1) is 5.56 Å². The van der Waals surface area contributed by atoms with Crippen molar-refractivity contribution < 1.29 is 9.90 Å². The second-order valence-corrected chi connectivity index (χ2v) is 4.02. The molecular formula is C12H18N2O2.